The van der Waals surface area contributed by atoms with Crippen molar-refractivity contribution < 1.29 is 19.1 Å². The molecule has 0 bridgehead atoms. The van der Waals surface area contributed by atoms with Crippen LogP contribution in [0.1, 0.15) is 47.1 Å². The summed E-state index contributed by atoms with van der Waals surface area (Å²) in [6.07, 6.45) is 0. The standard InChI is InChI=1S/C15H19BrO4/c1-5-19-14(17)11-6-10(4)13(16)7-12(11)15(18)20-8-9(2)3/h6-7,9H,5,8H2,1-4H3. The Bertz CT molecular complexity index is 509. The molecule has 0 saturated carbocycles. The summed E-state index contributed by atoms with van der Waals surface area (Å²) in [7, 11) is 0. The van der Waals surface area contributed by atoms with Crippen LogP contribution in [0, 0.1) is 12.8 Å². The van der Waals surface area contributed by atoms with Crippen molar-refractivity contribution in [2.24, 2.45) is 5.92 Å². The van der Waals surface area contributed by atoms with Crippen molar-refractivity contribution in [3.05, 3.63) is 33.3 Å². The number of halogens is 1. The maximum absolute atomic E-state index is 12.1. The van der Waals surface area contributed by atoms with Crippen molar-refractivity contribution >= 4 is 27.9 Å². The Morgan fingerprint density at radius 3 is 2.25 bits per heavy atom. The van der Waals surface area contributed by atoms with Crippen LogP contribution >= 0.6 is 15.9 Å². The summed E-state index contributed by atoms with van der Waals surface area (Å²) in [4.78, 5) is 24.0. The molecule has 5 heteroatoms. The normalized spacial score (nSPS) is 10.5. The quantitative estimate of drug-likeness (QED) is 0.764. The number of ether oxygens (including phenoxy) is 2. The molecular formula is C15H19BrO4. The van der Waals surface area contributed by atoms with E-state index in [0.29, 0.717) is 6.61 Å². The second-order valence-corrected chi connectivity index (χ2v) is 5.71. The van der Waals surface area contributed by atoms with Crippen molar-refractivity contribution in [2.75, 3.05) is 13.2 Å². The Morgan fingerprint density at radius 1 is 1.15 bits per heavy atom. The monoisotopic (exact) mass is 342 g/mol. The smallest absolute Gasteiger partial charge is 0.339 e. The second-order valence-electron chi connectivity index (χ2n) is 4.86. The molecule has 4 nitrogen and oxygen atoms in total. The summed E-state index contributed by atoms with van der Waals surface area (Å²) in [5, 5.41) is 0. The van der Waals surface area contributed by atoms with Gasteiger partial charge < -0.3 is 9.47 Å². The molecule has 0 unspecified atom stereocenters. The van der Waals surface area contributed by atoms with Crippen LogP contribution in [0.25, 0.3) is 0 Å². The Balaban J connectivity index is 3.12. The summed E-state index contributed by atoms with van der Waals surface area (Å²) in [5.41, 5.74) is 1.32. The number of hydrogen-bond donors (Lipinski definition) is 0. The molecule has 0 heterocycles. The predicted octanol–water partition coefficient (Wildman–Crippen LogP) is 3.75. The van der Waals surface area contributed by atoms with Gasteiger partial charge in [-0.15, -0.1) is 0 Å². The molecule has 0 aliphatic heterocycles. The molecule has 0 saturated heterocycles. The average molecular weight is 343 g/mol. The highest BCUT2D eigenvalue weighted by molar-refractivity contribution is 9.10. The van der Waals surface area contributed by atoms with E-state index in [1.165, 1.54) is 0 Å². The van der Waals surface area contributed by atoms with Crippen LogP contribution in [0.2, 0.25) is 0 Å². The van der Waals surface area contributed by atoms with Gasteiger partial charge >= 0.3 is 11.9 Å². The second kappa shape index (κ2) is 7.43. The molecule has 1 aromatic rings. The first-order valence-electron chi connectivity index (χ1n) is 6.51. The van der Waals surface area contributed by atoms with E-state index in [4.69, 9.17) is 9.47 Å². The van der Waals surface area contributed by atoms with Gasteiger partial charge in [-0.1, -0.05) is 29.8 Å². The van der Waals surface area contributed by atoms with Crippen LogP contribution in [0.4, 0.5) is 0 Å². The Morgan fingerprint density at radius 2 is 1.70 bits per heavy atom. The molecule has 0 radical (unpaired) electrons. The van der Waals surface area contributed by atoms with Gasteiger partial charge in [-0.2, -0.15) is 0 Å². The Labute approximate surface area is 127 Å². The van der Waals surface area contributed by atoms with Crippen LogP contribution in [-0.2, 0) is 9.47 Å². The molecule has 1 rings (SSSR count). The van der Waals surface area contributed by atoms with Gasteiger partial charge in [0, 0.05) is 4.47 Å². The topological polar surface area (TPSA) is 52.6 Å². The summed E-state index contributed by atoms with van der Waals surface area (Å²) >= 11 is 3.36. The van der Waals surface area contributed by atoms with Gasteiger partial charge in [-0.05, 0) is 37.5 Å². The molecule has 110 valence electrons. The van der Waals surface area contributed by atoms with E-state index in [1.54, 1.807) is 19.1 Å². The first-order chi connectivity index (χ1) is 9.36. The zero-order valence-electron chi connectivity index (χ0n) is 12.2. The van der Waals surface area contributed by atoms with Crippen LogP contribution in [-0.4, -0.2) is 25.2 Å². The third kappa shape index (κ3) is 4.34. The van der Waals surface area contributed by atoms with E-state index in [2.05, 4.69) is 15.9 Å². The zero-order valence-corrected chi connectivity index (χ0v) is 13.7. The van der Waals surface area contributed by atoms with E-state index in [1.807, 2.05) is 20.8 Å². The van der Waals surface area contributed by atoms with Gasteiger partial charge in [-0.3, -0.25) is 0 Å². The highest BCUT2D eigenvalue weighted by atomic mass is 79.9. The van der Waals surface area contributed by atoms with Gasteiger partial charge in [0.05, 0.1) is 24.3 Å². The minimum Gasteiger partial charge on any atom is -0.462 e. The van der Waals surface area contributed by atoms with Gasteiger partial charge in [0.1, 0.15) is 0 Å². The molecule has 1 aromatic carbocycles. The molecule has 0 N–H and O–H groups in total. The molecule has 0 aliphatic carbocycles. The van der Waals surface area contributed by atoms with Crippen LogP contribution in [0.15, 0.2) is 16.6 Å². The first-order valence-corrected chi connectivity index (χ1v) is 7.30. The highest BCUT2D eigenvalue weighted by Crippen LogP contribution is 2.23. The molecule has 0 spiro atoms. The van der Waals surface area contributed by atoms with E-state index >= 15 is 0 Å². The number of hydrogen-bond acceptors (Lipinski definition) is 4. The molecule has 0 atom stereocenters. The lowest BCUT2D eigenvalue weighted by Crippen LogP contribution is -2.16. The van der Waals surface area contributed by atoms with Crippen LogP contribution < -0.4 is 0 Å². The first kappa shape index (κ1) is 16.7. The van der Waals surface area contributed by atoms with Gasteiger partial charge in [0.2, 0.25) is 0 Å². The van der Waals surface area contributed by atoms with Gasteiger partial charge in [0.25, 0.3) is 0 Å². The van der Waals surface area contributed by atoms with Crippen LogP contribution in [0.5, 0.6) is 0 Å². The lowest BCUT2D eigenvalue weighted by molar-refractivity contribution is 0.0434. The third-order valence-corrected chi connectivity index (χ3v) is 3.42. The molecular weight excluding hydrogens is 324 g/mol. The Hall–Kier alpha value is -1.36. The lowest BCUT2D eigenvalue weighted by atomic mass is 10.0. The third-order valence-electron chi connectivity index (χ3n) is 2.56. The summed E-state index contributed by atoms with van der Waals surface area (Å²) < 4.78 is 10.9. The molecule has 0 amide bonds. The van der Waals surface area contributed by atoms with Crippen molar-refractivity contribution in [1.82, 2.24) is 0 Å². The van der Waals surface area contributed by atoms with E-state index < -0.39 is 11.9 Å². The molecule has 0 aliphatic rings. The maximum Gasteiger partial charge on any atom is 0.339 e. The number of rotatable bonds is 5. The number of benzene rings is 1. The lowest BCUT2D eigenvalue weighted by Gasteiger charge is -2.12. The number of aryl methyl sites for hydroxylation is 1. The minimum atomic E-state index is -0.514. The fraction of sp³-hybridized carbons (Fsp3) is 0.467. The highest BCUT2D eigenvalue weighted by Gasteiger charge is 2.21. The largest absolute Gasteiger partial charge is 0.462 e. The SMILES string of the molecule is CCOC(=O)c1cc(C)c(Br)cc1C(=O)OCC(C)C. The fourth-order valence-electron chi connectivity index (χ4n) is 1.55. The fourth-order valence-corrected chi connectivity index (χ4v) is 1.89. The minimum absolute atomic E-state index is 0.224. The molecule has 0 fully saturated rings. The zero-order chi connectivity index (χ0) is 15.3. The summed E-state index contributed by atoms with van der Waals surface area (Å²) in [6.45, 7) is 8.03. The van der Waals surface area contributed by atoms with E-state index in [9.17, 15) is 9.59 Å². The number of carbonyl (C=O) groups is 2. The van der Waals surface area contributed by atoms with Gasteiger partial charge in [0.15, 0.2) is 0 Å². The maximum atomic E-state index is 12.1. The van der Waals surface area contributed by atoms with Crippen molar-refractivity contribution in [2.45, 2.75) is 27.7 Å². The van der Waals surface area contributed by atoms with Crippen molar-refractivity contribution in [3.8, 4) is 0 Å². The molecule has 0 aromatic heterocycles. The summed E-state index contributed by atoms with van der Waals surface area (Å²) in [6, 6.07) is 3.23. The van der Waals surface area contributed by atoms with Crippen molar-refractivity contribution in [1.29, 1.82) is 0 Å². The van der Waals surface area contributed by atoms with E-state index in [-0.39, 0.29) is 23.7 Å². The Kier molecular flexibility index (Phi) is 6.20. The van der Waals surface area contributed by atoms with Gasteiger partial charge in [-0.25, -0.2) is 9.59 Å². The van der Waals surface area contributed by atoms with Crippen LogP contribution in [0.3, 0.4) is 0 Å². The average Bonchev–Trinajstić information content (AvgIpc) is 2.38. The van der Waals surface area contributed by atoms with E-state index in [0.717, 1.165) is 10.0 Å². The number of carbonyl (C=O) groups excluding carboxylic acids is 2. The predicted molar refractivity (Wildman–Crippen MR) is 80.0 cm³/mol. The van der Waals surface area contributed by atoms with Crippen molar-refractivity contribution in [3.63, 3.8) is 0 Å². The summed E-state index contributed by atoms with van der Waals surface area (Å²) in [5.74, 6) is -0.791. The number of esters is 2. The molecule has 20 heavy (non-hydrogen) atoms.